The number of amides is 1. The van der Waals surface area contributed by atoms with Crippen LogP contribution >= 0.6 is 0 Å². The Morgan fingerprint density at radius 1 is 1.43 bits per heavy atom. The molecule has 1 aromatic carbocycles. The molecule has 0 aromatic heterocycles. The minimum Gasteiger partial charge on any atom is -0.377 e. The van der Waals surface area contributed by atoms with Crippen molar-refractivity contribution in [1.29, 1.82) is 0 Å². The number of hydrogen-bond acceptors (Lipinski definition) is 3. The lowest BCUT2D eigenvalue weighted by molar-refractivity contribution is -0.138. The highest BCUT2D eigenvalue weighted by molar-refractivity contribution is 5.77. The summed E-state index contributed by atoms with van der Waals surface area (Å²) in [6.45, 7) is 5.15. The van der Waals surface area contributed by atoms with Crippen molar-refractivity contribution < 1.29 is 9.53 Å². The van der Waals surface area contributed by atoms with Crippen molar-refractivity contribution in [1.82, 2.24) is 5.32 Å². The zero-order valence-electron chi connectivity index (χ0n) is 12.7. The standard InChI is InChI=1S/C17H24N2O2/c1-17(2)15(12-8-9-21-16(12)17)19-14(20)10-13(18)11-6-4-3-5-7-11/h3-7,12-13,15-16H,8-10,18H2,1-2H3,(H,19,20)/t12-,13-,15+,16-/m0/s1. The average molecular weight is 288 g/mol. The summed E-state index contributed by atoms with van der Waals surface area (Å²) in [5.74, 6) is 0.506. The van der Waals surface area contributed by atoms with E-state index >= 15 is 0 Å². The molecular weight excluding hydrogens is 264 g/mol. The highest BCUT2D eigenvalue weighted by atomic mass is 16.5. The van der Waals surface area contributed by atoms with E-state index in [1.54, 1.807) is 0 Å². The summed E-state index contributed by atoms with van der Waals surface area (Å²) in [4.78, 5) is 12.3. The van der Waals surface area contributed by atoms with Crippen LogP contribution in [0.4, 0.5) is 0 Å². The number of rotatable bonds is 4. The Morgan fingerprint density at radius 3 is 2.86 bits per heavy atom. The summed E-state index contributed by atoms with van der Waals surface area (Å²) in [5.41, 5.74) is 7.14. The lowest BCUT2D eigenvalue weighted by Crippen LogP contribution is -2.66. The van der Waals surface area contributed by atoms with E-state index in [0.717, 1.165) is 18.6 Å². The molecule has 1 saturated carbocycles. The maximum absolute atomic E-state index is 12.3. The van der Waals surface area contributed by atoms with Gasteiger partial charge in [-0.2, -0.15) is 0 Å². The number of carbonyl (C=O) groups excluding carboxylic acids is 1. The maximum Gasteiger partial charge on any atom is 0.222 e. The molecule has 114 valence electrons. The Balaban J connectivity index is 1.57. The molecule has 0 unspecified atom stereocenters. The minimum atomic E-state index is -0.245. The van der Waals surface area contributed by atoms with Gasteiger partial charge in [-0.25, -0.2) is 0 Å². The molecule has 4 heteroatoms. The molecule has 3 N–H and O–H groups in total. The van der Waals surface area contributed by atoms with E-state index in [9.17, 15) is 4.79 Å². The van der Waals surface area contributed by atoms with Crippen LogP contribution in [0.5, 0.6) is 0 Å². The molecular formula is C17H24N2O2. The Kier molecular flexibility index (Phi) is 3.76. The van der Waals surface area contributed by atoms with E-state index in [4.69, 9.17) is 10.5 Å². The predicted molar refractivity (Wildman–Crippen MR) is 81.5 cm³/mol. The number of fused-ring (bicyclic) bond motifs is 1. The second-order valence-corrected chi connectivity index (χ2v) is 6.83. The number of ether oxygens (including phenoxy) is 1. The van der Waals surface area contributed by atoms with Crippen LogP contribution in [0.2, 0.25) is 0 Å². The predicted octanol–water partition coefficient (Wildman–Crippen LogP) is 2.01. The average Bonchev–Trinajstić information content (AvgIpc) is 2.93. The minimum absolute atomic E-state index is 0.0215. The highest BCUT2D eigenvalue weighted by Crippen LogP contribution is 2.52. The third-order valence-electron chi connectivity index (χ3n) is 5.05. The van der Waals surface area contributed by atoms with Crippen molar-refractivity contribution in [2.75, 3.05) is 6.61 Å². The quantitative estimate of drug-likeness (QED) is 0.890. The van der Waals surface area contributed by atoms with Gasteiger partial charge in [0.05, 0.1) is 6.10 Å². The van der Waals surface area contributed by atoms with E-state index in [2.05, 4.69) is 19.2 Å². The molecule has 1 amide bonds. The van der Waals surface area contributed by atoms with E-state index in [1.165, 1.54) is 0 Å². The van der Waals surface area contributed by atoms with Gasteiger partial charge >= 0.3 is 0 Å². The van der Waals surface area contributed by atoms with Gasteiger partial charge in [0.15, 0.2) is 0 Å². The lowest BCUT2D eigenvalue weighted by atomic mass is 9.57. The van der Waals surface area contributed by atoms with Gasteiger partial charge in [0, 0.05) is 36.4 Å². The lowest BCUT2D eigenvalue weighted by Gasteiger charge is -2.54. The van der Waals surface area contributed by atoms with Crippen molar-refractivity contribution in [2.24, 2.45) is 17.1 Å². The number of nitrogens with two attached hydrogens (primary N) is 1. The second kappa shape index (κ2) is 5.43. The molecule has 1 aromatic rings. The third-order valence-corrected chi connectivity index (χ3v) is 5.05. The van der Waals surface area contributed by atoms with Crippen molar-refractivity contribution in [3.63, 3.8) is 0 Å². The molecule has 1 aliphatic heterocycles. The second-order valence-electron chi connectivity index (χ2n) is 6.83. The van der Waals surface area contributed by atoms with Crippen LogP contribution in [0.25, 0.3) is 0 Å². The molecule has 1 saturated heterocycles. The topological polar surface area (TPSA) is 64.4 Å². The van der Waals surface area contributed by atoms with Crippen LogP contribution in [0.3, 0.4) is 0 Å². The van der Waals surface area contributed by atoms with Crippen molar-refractivity contribution in [3.8, 4) is 0 Å². The number of nitrogens with one attached hydrogen (secondary N) is 1. The van der Waals surface area contributed by atoms with Crippen molar-refractivity contribution in [3.05, 3.63) is 35.9 Å². The Hall–Kier alpha value is -1.39. The molecule has 1 heterocycles. The fourth-order valence-corrected chi connectivity index (χ4v) is 3.87. The zero-order chi connectivity index (χ0) is 15.0. The summed E-state index contributed by atoms with van der Waals surface area (Å²) >= 11 is 0. The molecule has 0 spiro atoms. The molecule has 2 fully saturated rings. The summed E-state index contributed by atoms with van der Waals surface area (Å²) in [5, 5.41) is 3.18. The molecule has 0 radical (unpaired) electrons. The first-order chi connectivity index (χ1) is 10.00. The van der Waals surface area contributed by atoms with Crippen LogP contribution < -0.4 is 11.1 Å². The molecule has 4 atom stereocenters. The zero-order valence-corrected chi connectivity index (χ0v) is 12.7. The first-order valence-electron chi connectivity index (χ1n) is 7.71. The Bertz CT molecular complexity index is 515. The molecule has 0 bridgehead atoms. The van der Waals surface area contributed by atoms with Gasteiger partial charge in [-0.15, -0.1) is 0 Å². The molecule has 3 rings (SSSR count). The van der Waals surface area contributed by atoms with E-state index < -0.39 is 0 Å². The third kappa shape index (κ3) is 2.58. The fourth-order valence-electron chi connectivity index (χ4n) is 3.87. The summed E-state index contributed by atoms with van der Waals surface area (Å²) < 4.78 is 5.75. The molecule has 4 nitrogen and oxygen atoms in total. The fraction of sp³-hybridized carbons (Fsp3) is 0.588. The number of benzene rings is 1. The van der Waals surface area contributed by atoms with Crippen molar-refractivity contribution in [2.45, 2.75) is 44.9 Å². The van der Waals surface area contributed by atoms with Gasteiger partial charge < -0.3 is 15.8 Å². The Labute approximate surface area is 126 Å². The monoisotopic (exact) mass is 288 g/mol. The summed E-state index contributed by atoms with van der Waals surface area (Å²) in [6.07, 6.45) is 1.67. The van der Waals surface area contributed by atoms with Gasteiger partial charge in [-0.3, -0.25) is 4.79 Å². The summed E-state index contributed by atoms with van der Waals surface area (Å²) in [7, 11) is 0. The van der Waals surface area contributed by atoms with Gasteiger partial charge in [-0.05, 0) is 12.0 Å². The van der Waals surface area contributed by atoms with Gasteiger partial charge in [0.2, 0.25) is 5.91 Å². The molecule has 21 heavy (non-hydrogen) atoms. The van der Waals surface area contributed by atoms with E-state index in [1.807, 2.05) is 30.3 Å². The van der Waals surface area contributed by atoms with Crippen molar-refractivity contribution >= 4 is 5.91 Å². The van der Waals surface area contributed by atoms with Crippen LogP contribution in [-0.4, -0.2) is 24.7 Å². The first kappa shape index (κ1) is 14.5. The molecule has 2 aliphatic rings. The highest BCUT2D eigenvalue weighted by Gasteiger charge is 2.59. The summed E-state index contributed by atoms with van der Waals surface area (Å²) in [6, 6.07) is 9.74. The van der Waals surface area contributed by atoms with Gasteiger partial charge in [-0.1, -0.05) is 44.2 Å². The molecule has 1 aliphatic carbocycles. The maximum atomic E-state index is 12.3. The van der Waals surface area contributed by atoms with E-state index in [0.29, 0.717) is 18.4 Å². The number of hydrogen-bond donors (Lipinski definition) is 2. The first-order valence-corrected chi connectivity index (χ1v) is 7.71. The van der Waals surface area contributed by atoms with Crippen LogP contribution in [0.15, 0.2) is 30.3 Å². The smallest absolute Gasteiger partial charge is 0.222 e. The number of carbonyl (C=O) groups is 1. The van der Waals surface area contributed by atoms with E-state index in [-0.39, 0.29) is 23.4 Å². The largest absolute Gasteiger partial charge is 0.377 e. The van der Waals surface area contributed by atoms with Gasteiger partial charge in [0.1, 0.15) is 0 Å². The van der Waals surface area contributed by atoms with Crippen LogP contribution in [-0.2, 0) is 9.53 Å². The normalized spacial score (nSPS) is 31.1. The van der Waals surface area contributed by atoms with Crippen LogP contribution in [0.1, 0.15) is 38.3 Å². The van der Waals surface area contributed by atoms with Gasteiger partial charge in [0.25, 0.3) is 0 Å². The Morgan fingerprint density at radius 2 is 2.14 bits per heavy atom. The van der Waals surface area contributed by atoms with Crippen LogP contribution in [0, 0.1) is 11.3 Å². The SMILES string of the molecule is CC1(C)[C@H](NC(=O)C[C@H](N)c2ccccc2)[C@@H]2CCO[C@@H]21.